The van der Waals surface area contributed by atoms with Gasteiger partial charge in [0.05, 0.1) is 5.60 Å². The quantitative estimate of drug-likeness (QED) is 0.204. The van der Waals surface area contributed by atoms with Crippen LogP contribution in [-0.2, 0) is 0 Å². The van der Waals surface area contributed by atoms with Gasteiger partial charge in [0.1, 0.15) is 0 Å². The first-order valence-electron chi connectivity index (χ1n) is 10.2. The fourth-order valence-corrected chi connectivity index (χ4v) is 5.02. The van der Waals surface area contributed by atoms with Crippen LogP contribution in [0.3, 0.4) is 0 Å². The fourth-order valence-electron chi connectivity index (χ4n) is 3.35. The van der Waals surface area contributed by atoms with Gasteiger partial charge in [-0.25, -0.2) is 0 Å². The summed E-state index contributed by atoms with van der Waals surface area (Å²) >= 11 is 17.7. The molecule has 0 spiro atoms. The number of hydrogen-bond acceptors (Lipinski definition) is 1. The Hall–Kier alpha value is 1.05. The molecule has 0 fully saturated rings. The molecule has 0 rings (SSSR count). The summed E-state index contributed by atoms with van der Waals surface area (Å²) in [5, 5.41) is 10.4. The SMILES string of the molecule is CC(C)CCCC(C)CCCC(C)CCCC(C)(O)CC[Si](Cl)(Cl)Cl. The second kappa shape index (κ2) is 13.3. The number of aliphatic hydroxyl groups is 1. The first kappa shape index (κ1) is 26.0. The maximum Gasteiger partial charge on any atom is 0.341 e. The Balaban J connectivity index is 3.74. The Bertz CT molecular complexity index is 329. The van der Waals surface area contributed by atoms with Crippen LogP contribution < -0.4 is 0 Å². The van der Waals surface area contributed by atoms with E-state index in [1.165, 1.54) is 44.9 Å². The van der Waals surface area contributed by atoms with Gasteiger partial charge in [0.15, 0.2) is 0 Å². The average molecular weight is 432 g/mol. The van der Waals surface area contributed by atoms with Crippen molar-refractivity contribution in [3.8, 4) is 0 Å². The minimum absolute atomic E-state index is 0.537. The second-order valence-electron chi connectivity index (χ2n) is 8.97. The Morgan fingerprint density at radius 2 is 1.20 bits per heavy atom. The molecule has 0 radical (unpaired) electrons. The van der Waals surface area contributed by atoms with Crippen molar-refractivity contribution in [2.75, 3.05) is 0 Å². The Labute approximate surface area is 172 Å². The zero-order chi connectivity index (χ0) is 19.5. The lowest BCUT2D eigenvalue weighted by molar-refractivity contribution is 0.0432. The third-order valence-electron chi connectivity index (χ3n) is 5.23. The molecular formula is C20H41Cl3OSi. The molecule has 3 unspecified atom stereocenters. The zero-order valence-electron chi connectivity index (χ0n) is 17.1. The van der Waals surface area contributed by atoms with Gasteiger partial charge in [0.25, 0.3) is 0 Å². The van der Waals surface area contributed by atoms with Crippen LogP contribution in [0.5, 0.6) is 0 Å². The van der Waals surface area contributed by atoms with E-state index in [-0.39, 0.29) is 0 Å². The lowest BCUT2D eigenvalue weighted by Gasteiger charge is -2.25. The summed E-state index contributed by atoms with van der Waals surface area (Å²) in [7, 11) is 0. The third-order valence-corrected chi connectivity index (χ3v) is 7.75. The third kappa shape index (κ3) is 18.2. The summed E-state index contributed by atoms with van der Waals surface area (Å²) in [4.78, 5) is 0. The van der Waals surface area contributed by atoms with Crippen molar-refractivity contribution in [2.45, 2.75) is 110 Å². The average Bonchev–Trinajstić information content (AvgIpc) is 2.44. The summed E-state index contributed by atoms with van der Waals surface area (Å²) < 4.78 is 0. The minimum Gasteiger partial charge on any atom is -0.390 e. The molecular weight excluding hydrogens is 391 g/mol. The molecule has 1 nitrogen and oxygen atoms in total. The first-order valence-corrected chi connectivity index (χ1v) is 15.4. The Kier molecular flexibility index (Phi) is 13.8. The van der Waals surface area contributed by atoms with Gasteiger partial charge in [-0.3, -0.25) is 0 Å². The predicted molar refractivity (Wildman–Crippen MR) is 118 cm³/mol. The lowest BCUT2D eigenvalue weighted by atomic mass is 9.89. The zero-order valence-corrected chi connectivity index (χ0v) is 20.4. The minimum atomic E-state index is -2.62. The van der Waals surface area contributed by atoms with E-state index in [0.717, 1.165) is 30.6 Å². The largest absolute Gasteiger partial charge is 0.390 e. The van der Waals surface area contributed by atoms with Crippen molar-refractivity contribution in [3.05, 3.63) is 0 Å². The highest BCUT2D eigenvalue weighted by Crippen LogP contribution is 2.32. The molecule has 0 saturated carbocycles. The van der Waals surface area contributed by atoms with Gasteiger partial charge >= 0.3 is 6.00 Å². The van der Waals surface area contributed by atoms with Crippen molar-refractivity contribution in [3.63, 3.8) is 0 Å². The predicted octanol–water partition coefficient (Wildman–Crippen LogP) is 8.22. The van der Waals surface area contributed by atoms with E-state index in [9.17, 15) is 5.11 Å². The van der Waals surface area contributed by atoms with E-state index in [1.807, 2.05) is 6.92 Å². The molecule has 0 aromatic carbocycles. The molecule has 0 saturated heterocycles. The van der Waals surface area contributed by atoms with E-state index in [1.54, 1.807) is 0 Å². The van der Waals surface area contributed by atoms with Crippen molar-refractivity contribution in [1.82, 2.24) is 0 Å². The number of hydrogen-bond donors (Lipinski definition) is 1. The summed E-state index contributed by atoms with van der Waals surface area (Å²) in [5.74, 6) is 2.43. The van der Waals surface area contributed by atoms with Crippen molar-refractivity contribution < 1.29 is 5.11 Å². The molecule has 0 aromatic rings. The van der Waals surface area contributed by atoms with Crippen LogP contribution in [0.15, 0.2) is 0 Å². The van der Waals surface area contributed by atoms with Gasteiger partial charge in [-0.1, -0.05) is 79.1 Å². The van der Waals surface area contributed by atoms with Crippen LogP contribution in [-0.4, -0.2) is 16.7 Å². The van der Waals surface area contributed by atoms with Gasteiger partial charge in [-0.2, -0.15) is 0 Å². The van der Waals surface area contributed by atoms with Crippen molar-refractivity contribution >= 4 is 39.2 Å². The topological polar surface area (TPSA) is 20.2 Å². The summed E-state index contributed by atoms with van der Waals surface area (Å²) in [6.07, 6.45) is 11.7. The Morgan fingerprint density at radius 1 is 0.760 bits per heavy atom. The van der Waals surface area contributed by atoms with Gasteiger partial charge in [0.2, 0.25) is 0 Å². The standard InChI is InChI=1S/C20H41Cl3OSi/c1-17(2)9-6-10-18(3)11-7-12-19(4)13-8-14-20(5,24)15-16-25(21,22)23/h17-19,24H,6-16H2,1-5H3. The van der Waals surface area contributed by atoms with Crippen LogP contribution in [0.4, 0.5) is 0 Å². The molecule has 152 valence electrons. The molecule has 0 aromatic heterocycles. The Morgan fingerprint density at radius 3 is 1.64 bits per heavy atom. The monoisotopic (exact) mass is 430 g/mol. The van der Waals surface area contributed by atoms with E-state index in [2.05, 4.69) is 27.7 Å². The highest BCUT2D eigenvalue weighted by molar-refractivity contribution is 7.64. The molecule has 0 aliphatic heterocycles. The first-order chi connectivity index (χ1) is 11.4. The highest BCUT2D eigenvalue weighted by Gasteiger charge is 2.30. The summed E-state index contributed by atoms with van der Waals surface area (Å²) in [6.45, 7) is 11.2. The molecule has 0 amide bonds. The smallest absolute Gasteiger partial charge is 0.341 e. The van der Waals surface area contributed by atoms with Crippen LogP contribution in [0.25, 0.3) is 0 Å². The molecule has 25 heavy (non-hydrogen) atoms. The van der Waals surface area contributed by atoms with Crippen molar-refractivity contribution in [2.24, 2.45) is 17.8 Å². The number of halogens is 3. The maximum atomic E-state index is 10.4. The molecule has 0 aliphatic rings. The molecule has 0 aliphatic carbocycles. The fraction of sp³-hybridized carbons (Fsp3) is 1.00. The van der Waals surface area contributed by atoms with Crippen LogP contribution in [0.2, 0.25) is 6.04 Å². The van der Waals surface area contributed by atoms with E-state index < -0.39 is 11.6 Å². The summed E-state index contributed by atoms with van der Waals surface area (Å²) in [5.41, 5.74) is -0.693. The van der Waals surface area contributed by atoms with Gasteiger partial charge in [0, 0.05) is 0 Å². The van der Waals surface area contributed by atoms with Gasteiger partial charge in [-0.05, 0) is 43.6 Å². The molecule has 1 N–H and O–H groups in total. The molecule has 5 heteroatoms. The number of rotatable bonds is 15. The lowest BCUT2D eigenvalue weighted by Crippen LogP contribution is -2.27. The molecule has 3 atom stereocenters. The van der Waals surface area contributed by atoms with E-state index in [0.29, 0.717) is 12.5 Å². The van der Waals surface area contributed by atoms with Crippen LogP contribution in [0, 0.1) is 17.8 Å². The van der Waals surface area contributed by atoms with Gasteiger partial charge < -0.3 is 5.11 Å². The molecule has 0 bridgehead atoms. The normalized spacial score (nSPS) is 17.5. The second-order valence-corrected chi connectivity index (χ2v) is 18.2. The molecule has 0 heterocycles. The van der Waals surface area contributed by atoms with Crippen LogP contribution >= 0.6 is 33.2 Å². The van der Waals surface area contributed by atoms with Crippen LogP contribution in [0.1, 0.15) is 98.8 Å². The summed E-state index contributed by atoms with van der Waals surface area (Å²) in [6, 6.07) is -2.08. The van der Waals surface area contributed by atoms with E-state index >= 15 is 0 Å². The maximum absolute atomic E-state index is 10.4. The highest BCUT2D eigenvalue weighted by atomic mass is 35.8. The van der Waals surface area contributed by atoms with Crippen molar-refractivity contribution in [1.29, 1.82) is 0 Å². The van der Waals surface area contributed by atoms with Gasteiger partial charge in [-0.15, -0.1) is 33.2 Å². The van der Waals surface area contributed by atoms with E-state index in [4.69, 9.17) is 33.2 Å².